The van der Waals surface area contributed by atoms with Crippen molar-refractivity contribution in [2.75, 3.05) is 6.61 Å². The number of sulfonamides is 1. The summed E-state index contributed by atoms with van der Waals surface area (Å²) in [5.74, 6) is -1.21. The maximum atomic E-state index is 13.8. The van der Waals surface area contributed by atoms with Gasteiger partial charge in [0.15, 0.2) is 0 Å². The van der Waals surface area contributed by atoms with Gasteiger partial charge in [0.25, 0.3) is 5.69 Å². The molecule has 0 aliphatic rings. The molecule has 0 saturated carbocycles. The van der Waals surface area contributed by atoms with Crippen LogP contribution in [0.4, 0.5) is 10.1 Å². The van der Waals surface area contributed by atoms with Gasteiger partial charge in [-0.1, -0.05) is 13.8 Å². The van der Waals surface area contributed by atoms with E-state index in [1.165, 1.54) is 0 Å². The Morgan fingerprint density at radius 3 is 2.33 bits per heavy atom. The predicted octanol–water partition coefficient (Wildman–Crippen LogP) is 1.56. The van der Waals surface area contributed by atoms with Crippen LogP contribution in [0.15, 0.2) is 23.1 Å². The fourth-order valence-corrected chi connectivity index (χ4v) is 3.41. The molecule has 1 rings (SSSR count). The number of aliphatic hydroxyl groups is 1. The first kappa shape index (κ1) is 17.5. The molecular weight excluding hydrogens is 303 g/mol. The van der Waals surface area contributed by atoms with E-state index in [2.05, 4.69) is 4.72 Å². The highest BCUT2D eigenvalue weighted by molar-refractivity contribution is 7.89. The van der Waals surface area contributed by atoms with Crippen LogP contribution in [-0.2, 0) is 10.0 Å². The van der Waals surface area contributed by atoms with Crippen molar-refractivity contribution in [3.8, 4) is 0 Å². The number of hydrogen-bond donors (Lipinski definition) is 2. The molecule has 9 heteroatoms. The van der Waals surface area contributed by atoms with Crippen LogP contribution in [-0.4, -0.2) is 30.6 Å². The van der Waals surface area contributed by atoms with E-state index in [1.54, 1.807) is 13.8 Å². The van der Waals surface area contributed by atoms with E-state index in [1.807, 2.05) is 0 Å². The third-order valence-corrected chi connectivity index (χ3v) is 5.03. The van der Waals surface area contributed by atoms with Gasteiger partial charge in [-0.3, -0.25) is 10.1 Å². The number of aliphatic hydroxyl groups excluding tert-OH is 1. The number of nitro benzene ring substituents is 1. The van der Waals surface area contributed by atoms with Crippen molar-refractivity contribution in [3.63, 3.8) is 0 Å². The first-order chi connectivity index (χ1) is 9.71. The quantitative estimate of drug-likeness (QED) is 0.585. The first-order valence-electron chi connectivity index (χ1n) is 6.30. The smallest absolute Gasteiger partial charge is 0.272 e. The Morgan fingerprint density at radius 1 is 1.38 bits per heavy atom. The summed E-state index contributed by atoms with van der Waals surface area (Å²) in [6, 6.07) is 2.30. The van der Waals surface area contributed by atoms with E-state index in [4.69, 9.17) is 0 Å². The maximum absolute atomic E-state index is 13.8. The van der Waals surface area contributed by atoms with Crippen LogP contribution in [0, 0.1) is 15.9 Å². The van der Waals surface area contributed by atoms with Crippen LogP contribution in [0.2, 0.25) is 0 Å². The number of halogens is 1. The highest BCUT2D eigenvalue weighted by atomic mass is 32.2. The number of benzene rings is 1. The standard InChI is InChI=1S/C12H17FN2O5S/c1-3-12(4-2,8-16)14-21(19,20)11-6-5-9(15(17)18)7-10(11)13/h5-7,14,16H,3-4,8H2,1-2H3. The van der Waals surface area contributed by atoms with Crippen molar-refractivity contribution in [2.24, 2.45) is 0 Å². The Bertz CT molecular complexity index is 620. The lowest BCUT2D eigenvalue weighted by Crippen LogP contribution is -2.50. The molecule has 7 nitrogen and oxygen atoms in total. The number of rotatable bonds is 7. The zero-order valence-corrected chi connectivity index (χ0v) is 12.5. The Kier molecular flexibility index (Phi) is 5.37. The van der Waals surface area contributed by atoms with Crippen molar-refractivity contribution in [1.29, 1.82) is 0 Å². The monoisotopic (exact) mass is 320 g/mol. The average molecular weight is 320 g/mol. The molecule has 0 saturated heterocycles. The Morgan fingerprint density at radius 2 is 1.95 bits per heavy atom. The molecule has 0 fully saturated rings. The summed E-state index contributed by atoms with van der Waals surface area (Å²) in [4.78, 5) is 9.02. The lowest BCUT2D eigenvalue weighted by atomic mass is 9.96. The van der Waals surface area contributed by atoms with Gasteiger partial charge in [0.05, 0.1) is 23.1 Å². The molecule has 0 spiro atoms. The summed E-state index contributed by atoms with van der Waals surface area (Å²) in [5.41, 5.74) is -1.63. The molecular formula is C12H17FN2O5S. The summed E-state index contributed by atoms with van der Waals surface area (Å²) in [6.07, 6.45) is 0.627. The molecule has 0 aliphatic heterocycles. The highest BCUT2D eigenvalue weighted by Crippen LogP contribution is 2.23. The van der Waals surface area contributed by atoms with E-state index in [0.29, 0.717) is 18.9 Å². The summed E-state index contributed by atoms with van der Waals surface area (Å²) in [5, 5.41) is 19.9. The minimum atomic E-state index is -4.23. The predicted molar refractivity (Wildman–Crippen MR) is 73.8 cm³/mol. The van der Waals surface area contributed by atoms with Crippen molar-refractivity contribution in [3.05, 3.63) is 34.1 Å². The minimum Gasteiger partial charge on any atom is -0.394 e. The molecule has 0 atom stereocenters. The van der Waals surface area contributed by atoms with Crippen molar-refractivity contribution < 1.29 is 22.8 Å². The summed E-state index contributed by atoms with van der Waals surface area (Å²) in [7, 11) is -4.23. The topological polar surface area (TPSA) is 110 Å². The van der Waals surface area contributed by atoms with Gasteiger partial charge < -0.3 is 5.11 Å². The molecule has 0 heterocycles. The van der Waals surface area contributed by atoms with Crippen LogP contribution in [0.3, 0.4) is 0 Å². The number of nitrogens with one attached hydrogen (secondary N) is 1. The second-order valence-corrected chi connectivity index (χ2v) is 6.27. The third-order valence-electron chi connectivity index (χ3n) is 3.42. The molecule has 21 heavy (non-hydrogen) atoms. The SMILES string of the molecule is CCC(CC)(CO)NS(=O)(=O)c1ccc([N+](=O)[O-])cc1F. The van der Waals surface area contributed by atoms with E-state index in [-0.39, 0.29) is 0 Å². The fraction of sp³-hybridized carbons (Fsp3) is 0.500. The Balaban J connectivity index is 3.23. The van der Waals surface area contributed by atoms with Gasteiger partial charge in [-0.2, -0.15) is 0 Å². The molecule has 2 N–H and O–H groups in total. The first-order valence-corrected chi connectivity index (χ1v) is 7.78. The van der Waals surface area contributed by atoms with Crippen LogP contribution >= 0.6 is 0 Å². The molecule has 0 unspecified atom stereocenters. The van der Waals surface area contributed by atoms with Gasteiger partial charge in [0.2, 0.25) is 10.0 Å². The highest BCUT2D eigenvalue weighted by Gasteiger charge is 2.33. The van der Waals surface area contributed by atoms with Crippen LogP contribution < -0.4 is 4.72 Å². The summed E-state index contributed by atoms with van der Waals surface area (Å²) in [6.45, 7) is 2.94. The largest absolute Gasteiger partial charge is 0.394 e. The molecule has 0 aromatic heterocycles. The fourth-order valence-electron chi connectivity index (χ4n) is 1.81. The minimum absolute atomic E-state index is 0.313. The number of non-ortho nitro benzene ring substituents is 1. The molecule has 0 aliphatic carbocycles. The molecule has 1 aromatic carbocycles. The number of nitro groups is 1. The van der Waals surface area contributed by atoms with E-state index in [9.17, 15) is 28.0 Å². The van der Waals surface area contributed by atoms with Gasteiger partial charge in [0.1, 0.15) is 10.7 Å². The Hall–Kier alpha value is -1.58. The average Bonchev–Trinajstić information content (AvgIpc) is 2.44. The van der Waals surface area contributed by atoms with Gasteiger partial charge >= 0.3 is 0 Å². The summed E-state index contributed by atoms with van der Waals surface area (Å²) < 4.78 is 40.5. The zero-order chi connectivity index (χ0) is 16.3. The Labute approximate surface area is 122 Å². The van der Waals surface area contributed by atoms with Gasteiger partial charge in [-0.25, -0.2) is 17.5 Å². The molecule has 118 valence electrons. The second kappa shape index (κ2) is 6.46. The second-order valence-electron chi connectivity index (χ2n) is 4.62. The van der Waals surface area contributed by atoms with E-state index >= 15 is 0 Å². The van der Waals surface area contributed by atoms with Gasteiger partial charge in [-0.05, 0) is 18.9 Å². The van der Waals surface area contributed by atoms with Gasteiger partial charge in [-0.15, -0.1) is 0 Å². The molecule has 0 radical (unpaired) electrons. The van der Waals surface area contributed by atoms with Crippen LogP contribution in [0.1, 0.15) is 26.7 Å². The summed E-state index contributed by atoms with van der Waals surface area (Å²) >= 11 is 0. The number of hydrogen-bond acceptors (Lipinski definition) is 5. The van der Waals surface area contributed by atoms with E-state index in [0.717, 1.165) is 12.1 Å². The van der Waals surface area contributed by atoms with E-state index < -0.39 is 43.5 Å². The lowest BCUT2D eigenvalue weighted by molar-refractivity contribution is -0.385. The van der Waals surface area contributed by atoms with Crippen molar-refractivity contribution in [2.45, 2.75) is 37.1 Å². The van der Waals surface area contributed by atoms with Gasteiger partial charge in [0, 0.05) is 6.07 Å². The molecule has 0 amide bonds. The van der Waals surface area contributed by atoms with Crippen LogP contribution in [0.5, 0.6) is 0 Å². The number of nitrogens with zero attached hydrogens (tertiary/aromatic N) is 1. The lowest BCUT2D eigenvalue weighted by Gasteiger charge is -2.30. The maximum Gasteiger partial charge on any atom is 0.272 e. The normalized spacial score (nSPS) is 12.4. The zero-order valence-electron chi connectivity index (χ0n) is 11.7. The molecule has 1 aromatic rings. The third kappa shape index (κ3) is 3.74. The van der Waals surface area contributed by atoms with Crippen LogP contribution in [0.25, 0.3) is 0 Å². The van der Waals surface area contributed by atoms with Crippen molar-refractivity contribution in [1.82, 2.24) is 4.72 Å². The van der Waals surface area contributed by atoms with Crippen molar-refractivity contribution >= 4 is 15.7 Å². The molecule has 0 bridgehead atoms.